The number of methoxy groups -OCH3 is 2. The summed E-state index contributed by atoms with van der Waals surface area (Å²) in [5, 5.41) is 14.3. The summed E-state index contributed by atoms with van der Waals surface area (Å²) in [6.45, 7) is 0. The minimum absolute atomic E-state index is 0.287. The Morgan fingerprint density at radius 1 is 1.04 bits per heavy atom. The van der Waals surface area contributed by atoms with E-state index in [-0.39, 0.29) is 5.69 Å². The number of benzene rings is 2. The lowest BCUT2D eigenvalue weighted by molar-refractivity contribution is 0.209. The van der Waals surface area contributed by atoms with Crippen molar-refractivity contribution in [1.29, 1.82) is 0 Å². The number of nitrogens with one attached hydrogen (secondary N) is 2. The van der Waals surface area contributed by atoms with Gasteiger partial charge in [0, 0.05) is 23.4 Å². The first-order chi connectivity index (χ1) is 13.5. The van der Waals surface area contributed by atoms with Gasteiger partial charge in [-0.2, -0.15) is 0 Å². The summed E-state index contributed by atoms with van der Waals surface area (Å²) >= 11 is 0. The van der Waals surface area contributed by atoms with Gasteiger partial charge in [0.1, 0.15) is 29.5 Å². The molecule has 0 atom stereocenters. The quantitative estimate of drug-likeness (QED) is 0.587. The molecule has 0 aliphatic carbocycles. The fourth-order valence-corrected chi connectivity index (χ4v) is 2.60. The molecule has 1 heterocycles. The van der Waals surface area contributed by atoms with Gasteiger partial charge in [-0.25, -0.2) is 19.2 Å². The normalized spacial score (nSPS) is 10.2. The molecule has 0 spiro atoms. The molecule has 1 aromatic heterocycles. The first-order valence-corrected chi connectivity index (χ1v) is 8.11. The zero-order chi connectivity index (χ0) is 20.1. The summed E-state index contributed by atoms with van der Waals surface area (Å²) in [7, 11) is 2.90. The number of aromatic nitrogens is 2. The second kappa shape index (κ2) is 8.21. The van der Waals surface area contributed by atoms with Gasteiger partial charge >= 0.3 is 6.09 Å². The summed E-state index contributed by atoms with van der Waals surface area (Å²) in [6, 6.07) is 10.8. The van der Waals surface area contributed by atoms with E-state index >= 15 is 0 Å². The summed E-state index contributed by atoms with van der Waals surface area (Å²) < 4.78 is 23.8. The topological polar surface area (TPSA) is 106 Å². The predicted molar refractivity (Wildman–Crippen MR) is 102 cm³/mol. The van der Waals surface area contributed by atoms with E-state index in [4.69, 9.17) is 14.6 Å². The predicted octanol–water partition coefficient (Wildman–Crippen LogP) is 4.13. The van der Waals surface area contributed by atoms with Crippen LogP contribution in [0.1, 0.15) is 0 Å². The Morgan fingerprint density at radius 3 is 2.54 bits per heavy atom. The maximum atomic E-state index is 13.4. The standard InChI is InChI=1S/C19H17FN4O4/c1-27-16-6-4-12(8-15(16)24-19(25)26)23-18-9-14(21-10-22-18)13-5-3-11(20)7-17(13)28-2/h3-10,24H,1-2H3,(H,25,26)(H,21,22,23). The molecule has 3 N–H and O–H groups in total. The van der Waals surface area contributed by atoms with E-state index in [1.54, 1.807) is 30.3 Å². The van der Waals surface area contributed by atoms with Crippen molar-refractivity contribution in [1.82, 2.24) is 9.97 Å². The van der Waals surface area contributed by atoms with Crippen LogP contribution in [0.2, 0.25) is 0 Å². The van der Waals surface area contributed by atoms with Crippen LogP contribution in [0.5, 0.6) is 11.5 Å². The summed E-state index contributed by atoms with van der Waals surface area (Å²) in [5.74, 6) is 0.780. The molecule has 1 amide bonds. The third-order valence-corrected chi connectivity index (χ3v) is 3.82. The van der Waals surface area contributed by atoms with Gasteiger partial charge in [-0.3, -0.25) is 5.32 Å². The van der Waals surface area contributed by atoms with Crippen molar-refractivity contribution in [2.75, 3.05) is 24.9 Å². The van der Waals surface area contributed by atoms with Crippen LogP contribution in [-0.4, -0.2) is 35.4 Å². The van der Waals surface area contributed by atoms with Crippen molar-refractivity contribution >= 4 is 23.3 Å². The van der Waals surface area contributed by atoms with Gasteiger partial charge in [0.25, 0.3) is 0 Å². The number of amides is 1. The van der Waals surface area contributed by atoms with E-state index in [9.17, 15) is 9.18 Å². The Hall–Kier alpha value is -3.88. The second-order valence-corrected chi connectivity index (χ2v) is 5.60. The summed E-state index contributed by atoms with van der Waals surface area (Å²) in [5.41, 5.74) is 2.01. The van der Waals surface area contributed by atoms with E-state index in [1.807, 2.05) is 0 Å². The van der Waals surface area contributed by atoms with Gasteiger partial charge in [-0.05, 0) is 30.3 Å². The number of hydrogen-bond acceptors (Lipinski definition) is 6. The van der Waals surface area contributed by atoms with Crippen LogP contribution in [0.15, 0.2) is 48.8 Å². The van der Waals surface area contributed by atoms with E-state index in [0.29, 0.717) is 34.3 Å². The average molecular weight is 384 g/mol. The highest BCUT2D eigenvalue weighted by Gasteiger charge is 2.11. The second-order valence-electron chi connectivity index (χ2n) is 5.60. The van der Waals surface area contributed by atoms with Gasteiger partial charge in [0.2, 0.25) is 0 Å². The molecule has 0 radical (unpaired) electrons. The molecule has 8 nitrogen and oxygen atoms in total. The zero-order valence-corrected chi connectivity index (χ0v) is 15.1. The van der Waals surface area contributed by atoms with Crippen LogP contribution in [0.25, 0.3) is 11.3 Å². The molecule has 0 aliphatic heterocycles. The number of hydrogen-bond donors (Lipinski definition) is 3. The van der Waals surface area contributed by atoms with E-state index < -0.39 is 11.9 Å². The molecule has 28 heavy (non-hydrogen) atoms. The molecular weight excluding hydrogens is 367 g/mol. The zero-order valence-electron chi connectivity index (χ0n) is 15.1. The lowest BCUT2D eigenvalue weighted by Gasteiger charge is -2.12. The van der Waals surface area contributed by atoms with Crippen molar-refractivity contribution in [2.24, 2.45) is 0 Å². The molecule has 3 rings (SSSR count). The smallest absolute Gasteiger partial charge is 0.409 e. The molecule has 0 bridgehead atoms. The highest BCUT2D eigenvalue weighted by atomic mass is 19.1. The Morgan fingerprint density at radius 2 is 1.82 bits per heavy atom. The van der Waals surface area contributed by atoms with Gasteiger partial charge in [-0.1, -0.05) is 0 Å². The Bertz CT molecular complexity index is 1010. The van der Waals surface area contributed by atoms with E-state index in [2.05, 4.69) is 20.6 Å². The minimum Gasteiger partial charge on any atom is -0.496 e. The molecule has 3 aromatic rings. The van der Waals surface area contributed by atoms with E-state index in [0.717, 1.165) is 0 Å². The summed E-state index contributed by atoms with van der Waals surface area (Å²) in [4.78, 5) is 19.3. The molecular formula is C19H17FN4O4. The number of anilines is 3. The van der Waals surface area contributed by atoms with Crippen molar-refractivity contribution in [3.8, 4) is 22.8 Å². The largest absolute Gasteiger partial charge is 0.496 e. The Balaban J connectivity index is 1.91. The highest BCUT2D eigenvalue weighted by Crippen LogP contribution is 2.32. The molecule has 0 saturated heterocycles. The van der Waals surface area contributed by atoms with Crippen LogP contribution in [-0.2, 0) is 0 Å². The SMILES string of the molecule is COc1ccc(Nc2cc(-c3ccc(F)cc3OC)ncn2)cc1NC(=O)O. The monoisotopic (exact) mass is 384 g/mol. The third-order valence-electron chi connectivity index (χ3n) is 3.82. The lowest BCUT2D eigenvalue weighted by Crippen LogP contribution is -2.08. The average Bonchev–Trinajstić information content (AvgIpc) is 2.68. The fourth-order valence-electron chi connectivity index (χ4n) is 2.60. The van der Waals surface area contributed by atoms with Crippen molar-refractivity contribution in [3.05, 3.63) is 54.6 Å². The molecule has 9 heteroatoms. The van der Waals surface area contributed by atoms with Crippen LogP contribution in [0.3, 0.4) is 0 Å². The van der Waals surface area contributed by atoms with E-state index in [1.165, 1.54) is 32.7 Å². The van der Waals surface area contributed by atoms with Crippen molar-refractivity contribution < 1.29 is 23.8 Å². The molecule has 2 aromatic carbocycles. The van der Waals surface area contributed by atoms with Crippen LogP contribution in [0.4, 0.5) is 26.4 Å². The van der Waals surface area contributed by atoms with Gasteiger partial charge in [0.15, 0.2) is 0 Å². The number of halogens is 1. The number of ether oxygens (including phenoxy) is 2. The first kappa shape index (κ1) is 18.9. The van der Waals surface area contributed by atoms with Crippen molar-refractivity contribution in [2.45, 2.75) is 0 Å². The molecule has 144 valence electrons. The van der Waals surface area contributed by atoms with Gasteiger partial charge < -0.3 is 19.9 Å². The van der Waals surface area contributed by atoms with Crippen molar-refractivity contribution in [3.63, 3.8) is 0 Å². The molecule has 0 aliphatic rings. The lowest BCUT2D eigenvalue weighted by atomic mass is 10.1. The van der Waals surface area contributed by atoms with Gasteiger partial charge in [0.05, 0.1) is 25.6 Å². The third kappa shape index (κ3) is 4.26. The van der Waals surface area contributed by atoms with Crippen LogP contribution >= 0.6 is 0 Å². The van der Waals surface area contributed by atoms with Gasteiger partial charge in [-0.15, -0.1) is 0 Å². The highest BCUT2D eigenvalue weighted by molar-refractivity contribution is 5.86. The number of rotatable bonds is 6. The van der Waals surface area contributed by atoms with Crippen LogP contribution in [0, 0.1) is 5.82 Å². The molecule has 0 fully saturated rings. The molecule has 0 saturated carbocycles. The Kier molecular flexibility index (Phi) is 5.54. The fraction of sp³-hybridized carbons (Fsp3) is 0.105. The minimum atomic E-state index is -1.21. The molecule has 0 unspecified atom stereocenters. The Labute approximate surface area is 160 Å². The summed E-state index contributed by atoms with van der Waals surface area (Å²) in [6.07, 6.45) is 0.156. The first-order valence-electron chi connectivity index (χ1n) is 8.11. The maximum Gasteiger partial charge on any atom is 0.409 e. The van der Waals surface area contributed by atoms with Crippen LogP contribution < -0.4 is 20.1 Å². The number of nitrogens with zero attached hydrogens (tertiary/aromatic N) is 2. The number of carboxylic acid groups (broad SMARTS) is 1. The number of carbonyl (C=O) groups is 1. The maximum absolute atomic E-state index is 13.4.